The molecule has 5 aromatic rings. The highest BCUT2D eigenvalue weighted by molar-refractivity contribution is 7.19. The number of nitriles is 1. The number of aromatic nitrogens is 3. The number of allylic oxidation sites excluding steroid dienone is 1. The highest BCUT2D eigenvalue weighted by Gasteiger charge is 2.16. The zero-order chi connectivity index (χ0) is 25.8. The van der Waals surface area contributed by atoms with E-state index in [4.69, 9.17) is 14.8 Å². The molecule has 0 N–H and O–H groups in total. The number of para-hydroxylation sites is 2. The molecule has 0 atom stereocenters. The van der Waals surface area contributed by atoms with Gasteiger partial charge in [-0.3, -0.25) is 0 Å². The fourth-order valence-corrected chi connectivity index (χ4v) is 5.01. The van der Waals surface area contributed by atoms with Crippen molar-refractivity contribution in [3.63, 3.8) is 0 Å². The van der Waals surface area contributed by atoms with E-state index in [0.29, 0.717) is 23.1 Å². The van der Waals surface area contributed by atoms with Gasteiger partial charge in [-0.2, -0.15) is 10.4 Å². The second kappa shape index (κ2) is 10.8. The van der Waals surface area contributed by atoms with E-state index in [1.807, 2.05) is 83.7 Å². The summed E-state index contributed by atoms with van der Waals surface area (Å²) in [6.07, 6.45) is 4.87. The lowest BCUT2D eigenvalue weighted by Crippen LogP contribution is -2.02. The van der Waals surface area contributed by atoms with E-state index < -0.39 is 0 Å². The molecule has 5 rings (SSSR count). The molecule has 0 aliphatic rings. The molecule has 0 saturated carbocycles. The van der Waals surface area contributed by atoms with E-state index in [1.54, 1.807) is 0 Å². The zero-order valence-electron chi connectivity index (χ0n) is 21.2. The predicted molar refractivity (Wildman–Crippen MR) is 152 cm³/mol. The van der Waals surface area contributed by atoms with Crippen LogP contribution in [0.1, 0.15) is 36.4 Å². The topological polar surface area (TPSA) is 63.7 Å². The molecule has 0 aliphatic heterocycles. The van der Waals surface area contributed by atoms with Crippen molar-refractivity contribution in [3.05, 3.63) is 95.1 Å². The SMILES string of the molecule is Cc1cc(-c2nn(-c3ccccc3)cc2C=C(C#N)c2nc3ccccc3s2)ccc1OCCC(C)C. The van der Waals surface area contributed by atoms with Crippen LogP contribution in [-0.4, -0.2) is 21.4 Å². The molecule has 0 aliphatic carbocycles. The van der Waals surface area contributed by atoms with Gasteiger partial charge in [0.25, 0.3) is 0 Å². The van der Waals surface area contributed by atoms with Crippen LogP contribution in [-0.2, 0) is 0 Å². The molecule has 0 saturated heterocycles. The maximum atomic E-state index is 10.1. The van der Waals surface area contributed by atoms with Crippen molar-refractivity contribution in [1.29, 1.82) is 5.26 Å². The molecule has 0 amide bonds. The first kappa shape index (κ1) is 24.5. The highest BCUT2D eigenvalue weighted by Crippen LogP contribution is 2.33. The van der Waals surface area contributed by atoms with E-state index >= 15 is 0 Å². The van der Waals surface area contributed by atoms with Gasteiger partial charge < -0.3 is 4.74 Å². The van der Waals surface area contributed by atoms with Crippen molar-refractivity contribution < 1.29 is 4.74 Å². The molecule has 0 bridgehead atoms. The molecule has 0 unspecified atom stereocenters. The van der Waals surface area contributed by atoms with Gasteiger partial charge in [0.05, 0.1) is 28.1 Å². The molecule has 3 aromatic carbocycles. The van der Waals surface area contributed by atoms with Crippen molar-refractivity contribution in [2.45, 2.75) is 27.2 Å². The number of ether oxygens (including phenoxy) is 1. The van der Waals surface area contributed by atoms with Gasteiger partial charge in [-0.25, -0.2) is 9.67 Å². The molecule has 0 fully saturated rings. The van der Waals surface area contributed by atoms with Gasteiger partial charge in [-0.15, -0.1) is 11.3 Å². The molecule has 5 nitrogen and oxygen atoms in total. The minimum atomic E-state index is 0.514. The first-order valence-electron chi connectivity index (χ1n) is 12.4. The maximum Gasteiger partial charge on any atom is 0.135 e. The molecule has 37 heavy (non-hydrogen) atoms. The summed E-state index contributed by atoms with van der Waals surface area (Å²) in [6, 6.07) is 26.4. The number of thiazole rings is 1. The summed E-state index contributed by atoms with van der Waals surface area (Å²) in [7, 11) is 0. The zero-order valence-corrected chi connectivity index (χ0v) is 22.0. The highest BCUT2D eigenvalue weighted by atomic mass is 32.1. The number of benzene rings is 3. The van der Waals surface area contributed by atoms with Crippen molar-refractivity contribution in [3.8, 4) is 28.8 Å². The average Bonchev–Trinajstić information content (AvgIpc) is 3.53. The predicted octanol–water partition coefficient (Wildman–Crippen LogP) is 7.95. The Bertz CT molecular complexity index is 1570. The lowest BCUT2D eigenvalue weighted by atomic mass is 10.0. The fourth-order valence-electron chi connectivity index (χ4n) is 4.08. The van der Waals surface area contributed by atoms with Crippen LogP contribution >= 0.6 is 11.3 Å². The van der Waals surface area contributed by atoms with Gasteiger partial charge in [-0.1, -0.05) is 44.2 Å². The van der Waals surface area contributed by atoms with Crippen LogP contribution in [0, 0.1) is 24.2 Å². The van der Waals surface area contributed by atoms with Crippen LogP contribution in [0.3, 0.4) is 0 Å². The summed E-state index contributed by atoms with van der Waals surface area (Å²) in [5, 5.41) is 15.7. The number of hydrogen-bond acceptors (Lipinski definition) is 5. The summed E-state index contributed by atoms with van der Waals surface area (Å²) in [6.45, 7) is 7.14. The standard InChI is InChI=1S/C31H28N4OS/c1-21(2)15-16-36-28-14-13-23(17-22(28)3)30-25(20-35(34-30)26-9-5-4-6-10-26)18-24(19-32)31-33-27-11-7-8-12-29(27)37-31/h4-14,17-18,20-21H,15-16H2,1-3H3. The molecule has 184 valence electrons. The molecule has 0 radical (unpaired) electrons. The van der Waals surface area contributed by atoms with Crippen LogP contribution in [0.2, 0.25) is 0 Å². The van der Waals surface area contributed by atoms with Crippen LogP contribution in [0.5, 0.6) is 5.75 Å². The average molecular weight is 505 g/mol. The second-order valence-corrected chi connectivity index (χ2v) is 10.4. The number of aryl methyl sites for hydroxylation is 1. The Kier molecular flexibility index (Phi) is 7.16. The summed E-state index contributed by atoms with van der Waals surface area (Å²) >= 11 is 1.52. The second-order valence-electron chi connectivity index (χ2n) is 9.38. The molecular weight excluding hydrogens is 476 g/mol. The third-order valence-electron chi connectivity index (χ3n) is 6.11. The van der Waals surface area contributed by atoms with Gasteiger partial charge in [0, 0.05) is 17.3 Å². The van der Waals surface area contributed by atoms with Crippen LogP contribution in [0.15, 0.2) is 79.0 Å². The Balaban J connectivity index is 1.57. The molecule has 2 heterocycles. The first-order valence-corrected chi connectivity index (χ1v) is 13.2. The van der Waals surface area contributed by atoms with E-state index in [2.05, 4.69) is 32.9 Å². The number of fused-ring (bicyclic) bond motifs is 1. The number of rotatable bonds is 8. The van der Waals surface area contributed by atoms with Gasteiger partial charge in [0.15, 0.2) is 0 Å². The fraction of sp³-hybridized carbons (Fsp3) is 0.194. The van der Waals surface area contributed by atoms with Gasteiger partial charge in [0.1, 0.15) is 22.5 Å². The van der Waals surface area contributed by atoms with E-state index in [-0.39, 0.29) is 0 Å². The van der Waals surface area contributed by atoms with Crippen molar-refractivity contribution in [2.75, 3.05) is 6.61 Å². The number of nitrogens with zero attached hydrogens (tertiary/aromatic N) is 4. The Morgan fingerprint density at radius 1 is 1.08 bits per heavy atom. The van der Waals surface area contributed by atoms with Crippen LogP contribution in [0.25, 0.3) is 38.8 Å². The third kappa shape index (κ3) is 5.47. The minimum Gasteiger partial charge on any atom is -0.493 e. The summed E-state index contributed by atoms with van der Waals surface area (Å²) < 4.78 is 8.94. The Morgan fingerprint density at radius 3 is 2.59 bits per heavy atom. The van der Waals surface area contributed by atoms with Crippen LogP contribution < -0.4 is 4.74 Å². The van der Waals surface area contributed by atoms with E-state index in [9.17, 15) is 5.26 Å². The third-order valence-corrected chi connectivity index (χ3v) is 7.18. The Hall–Kier alpha value is -4.21. The van der Waals surface area contributed by atoms with E-state index in [0.717, 1.165) is 50.5 Å². The minimum absolute atomic E-state index is 0.514. The first-order chi connectivity index (χ1) is 18.0. The lowest BCUT2D eigenvalue weighted by molar-refractivity contribution is 0.288. The molecule has 0 spiro atoms. The van der Waals surface area contributed by atoms with Crippen molar-refractivity contribution in [2.24, 2.45) is 5.92 Å². The monoisotopic (exact) mass is 504 g/mol. The van der Waals surface area contributed by atoms with Crippen LogP contribution in [0.4, 0.5) is 0 Å². The van der Waals surface area contributed by atoms with Gasteiger partial charge in [0.2, 0.25) is 0 Å². The van der Waals surface area contributed by atoms with Gasteiger partial charge >= 0.3 is 0 Å². The normalized spacial score (nSPS) is 11.7. The van der Waals surface area contributed by atoms with Gasteiger partial charge in [-0.05, 0) is 73.4 Å². The largest absolute Gasteiger partial charge is 0.493 e. The molecule has 6 heteroatoms. The lowest BCUT2D eigenvalue weighted by Gasteiger charge is -2.11. The quantitative estimate of drug-likeness (QED) is 0.201. The Morgan fingerprint density at radius 2 is 1.86 bits per heavy atom. The maximum absolute atomic E-state index is 10.1. The Labute approximate surface area is 221 Å². The van der Waals surface area contributed by atoms with Crippen molar-refractivity contribution >= 4 is 33.2 Å². The summed E-state index contributed by atoms with van der Waals surface area (Å²) in [4.78, 5) is 4.70. The summed E-state index contributed by atoms with van der Waals surface area (Å²) in [5.74, 6) is 1.48. The van der Waals surface area contributed by atoms with Crippen molar-refractivity contribution in [1.82, 2.24) is 14.8 Å². The summed E-state index contributed by atoms with van der Waals surface area (Å²) in [5.41, 5.74) is 6.04. The molecular formula is C31H28N4OS. The number of hydrogen-bond donors (Lipinski definition) is 0. The smallest absolute Gasteiger partial charge is 0.135 e. The molecule has 2 aromatic heterocycles. The van der Waals surface area contributed by atoms with E-state index in [1.165, 1.54) is 11.3 Å².